The summed E-state index contributed by atoms with van der Waals surface area (Å²) in [5.74, 6) is 3.60. The minimum Gasteiger partial charge on any atom is -0.437 e. The molecule has 0 aliphatic heterocycles. The van der Waals surface area contributed by atoms with Crippen molar-refractivity contribution in [1.29, 1.82) is 0 Å². The highest BCUT2D eigenvalue weighted by Crippen LogP contribution is 2.34. The van der Waals surface area contributed by atoms with E-state index >= 15 is 0 Å². The van der Waals surface area contributed by atoms with Gasteiger partial charge >= 0.3 is 0 Å². The molecule has 0 atom stereocenters. The number of aryl methyl sites for hydroxylation is 2. The lowest BCUT2D eigenvalue weighted by Gasteiger charge is -2.32. The standard InChI is InChI=1S/C25H27N5O/c1-16-9-19(10-16)13-27-23-12-24(31-21-5-4-8-26-14-21)29-25-22(15-28-30(23)25)20-7-6-17(2)18(3)11-20/h4-8,11-12,14-16,19,27H,9-10,13H2,1-3H3. The van der Waals surface area contributed by atoms with Crippen LogP contribution in [0.25, 0.3) is 16.8 Å². The van der Waals surface area contributed by atoms with Crippen LogP contribution in [0.4, 0.5) is 5.82 Å². The van der Waals surface area contributed by atoms with E-state index in [1.807, 2.05) is 28.9 Å². The van der Waals surface area contributed by atoms with Gasteiger partial charge in [-0.2, -0.15) is 14.6 Å². The summed E-state index contributed by atoms with van der Waals surface area (Å²) in [6.07, 6.45) is 7.84. The Hall–Kier alpha value is -3.41. The lowest BCUT2D eigenvalue weighted by Crippen LogP contribution is -2.28. The highest BCUT2D eigenvalue weighted by Gasteiger charge is 2.25. The second kappa shape index (κ2) is 8.02. The molecule has 5 rings (SSSR count). The van der Waals surface area contributed by atoms with Crippen molar-refractivity contribution in [2.75, 3.05) is 11.9 Å². The van der Waals surface area contributed by atoms with Gasteiger partial charge in [0.1, 0.15) is 11.6 Å². The second-order valence-electron chi connectivity index (χ2n) is 8.69. The number of hydrogen-bond donors (Lipinski definition) is 1. The summed E-state index contributed by atoms with van der Waals surface area (Å²) in [6.45, 7) is 7.48. The van der Waals surface area contributed by atoms with E-state index in [1.54, 1.807) is 12.4 Å². The average molecular weight is 414 g/mol. The molecule has 1 N–H and O–H groups in total. The molecule has 0 bridgehead atoms. The summed E-state index contributed by atoms with van der Waals surface area (Å²) < 4.78 is 7.92. The first kappa shape index (κ1) is 19.5. The number of rotatable bonds is 6. The van der Waals surface area contributed by atoms with Gasteiger partial charge in [-0.1, -0.05) is 25.1 Å². The Balaban J connectivity index is 1.55. The number of fused-ring (bicyclic) bond motifs is 1. The Morgan fingerprint density at radius 3 is 2.71 bits per heavy atom. The Morgan fingerprint density at radius 1 is 1.10 bits per heavy atom. The van der Waals surface area contributed by atoms with Crippen molar-refractivity contribution in [1.82, 2.24) is 19.6 Å². The third-order valence-corrected chi connectivity index (χ3v) is 6.17. The van der Waals surface area contributed by atoms with Crippen LogP contribution >= 0.6 is 0 Å². The van der Waals surface area contributed by atoms with E-state index in [0.717, 1.165) is 35.1 Å². The smallest absolute Gasteiger partial charge is 0.225 e. The van der Waals surface area contributed by atoms with Crippen molar-refractivity contribution < 1.29 is 4.74 Å². The van der Waals surface area contributed by atoms with Crippen LogP contribution in [0.3, 0.4) is 0 Å². The van der Waals surface area contributed by atoms with Gasteiger partial charge in [-0.3, -0.25) is 4.98 Å². The molecular weight excluding hydrogens is 386 g/mol. The zero-order valence-electron chi connectivity index (χ0n) is 18.2. The van der Waals surface area contributed by atoms with Crippen molar-refractivity contribution in [2.24, 2.45) is 11.8 Å². The van der Waals surface area contributed by atoms with E-state index in [9.17, 15) is 0 Å². The minimum absolute atomic E-state index is 0.524. The van der Waals surface area contributed by atoms with Gasteiger partial charge in [0, 0.05) is 24.4 Å². The second-order valence-corrected chi connectivity index (χ2v) is 8.69. The molecule has 1 fully saturated rings. The molecule has 3 heterocycles. The van der Waals surface area contributed by atoms with E-state index in [4.69, 9.17) is 9.72 Å². The molecule has 1 saturated carbocycles. The fraction of sp³-hybridized carbons (Fsp3) is 0.320. The van der Waals surface area contributed by atoms with Gasteiger partial charge in [-0.15, -0.1) is 0 Å². The molecule has 0 radical (unpaired) electrons. The first-order chi connectivity index (χ1) is 15.1. The average Bonchev–Trinajstić information content (AvgIpc) is 3.17. The van der Waals surface area contributed by atoms with Crippen LogP contribution < -0.4 is 10.1 Å². The molecule has 158 valence electrons. The molecule has 4 aromatic rings. The fourth-order valence-electron chi connectivity index (χ4n) is 4.24. The maximum absolute atomic E-state index is 6.04. The number of anilines is 1. The third-order valence-electron chi connectivity index (χ3n) is 6.17. The van der Waals surface area contributed by atoms with Crippen LogP contribution in [-0.4, -0.2) is 26.1 Å². The quantitative estimate of drug-likeness (QED) is 0.442. The Labute approximate surface area is 182 Å². The molecule has 0 saturated heterocycles. The number of nitrogens with one attached hydrogen (secondary N) is 1. The van der Waals surface area contributed by atoms with Crippen molar-refractivity contribution in [3.63, 3.8) is 0 Å². The largest absolute Gasteiger partial charge is 0.437 e. The van der Waals surface area contributed by atoms with Gasteiger partial charge in [0.05, 0.1) is 12.4 Å². The SMILES string of the molecule is Cc1ccc(-c2cnn3c(NCC4CC(C)C4)cc(Oc4cccnc4)nc23)cc1C. The number of ether oxygens (including phenoxy) is 1. The van der Waals surface area contributed by atoms with Gasteiger partial charge in [0.2, 0.25) is 5.88 Å². The minimum atomic E-state index is 0.524. The van der Waals surface area contributed by atoms with Gasteiger partial charge in [-0.05, 0) is 67.3 Å². The molecule has 0 amide bonds. The molecule has 1 aliphatic rings. The van der Waals surface area contributed by atoms with Crippen LogP contribution in [0.2, 0.25) is 0 Å². The van der Waals surface area contributed by atoms with Crippen LogP contribution in [0.1, 0.15) is 30.9 Å². The lowest BCUT2D eigenvalue weighted by molar-refractivity contribution is 0.225. The first-order valence-electron chi connectivity index (χ1n) is 10.8. The summed E-state index contributed by atoms with van der Waals surface area (Å²) in [5, 5.41) is 8.24. The highest BCUT2D eigenvalue weighted by atomic mass is 16.5. The summed E-state index contributed by atoms with van der Waals surface area (Å²) in [5.41, 5.74) is 5.38. The number of hydrogen-bond acceptors (Lipinski definition) is 5. The molecule has 6 nitrogen and oxygen atoms in total. The van der Waals surface area contributed by atoms with Crippen LogP contribution in [0.15, 0.2) is 55.0 Å². The lowest BCUT2D eigenvalue weighted by atomic mass is 9.76. The maximum atomic E-state index is 6.04. The molecule has 1 aromatic carbocycles. The van der Waals surface area contributed by atoms with Gasteiger partial charge in [-0.25, -0.2) is 0 Å². The van der Waals surface area contributed by atoms with E-state index in [2.05, 4.69) is 54.4 Å². The van der Waals surface area contributed by atoms with Gasteiger partial charge < -0.3 is 10.1 Å². The molecule has 0 unspecified atom stereocenters. The summed E-state index contributed by atoms with van der Waals surface area (Å²) >= 11 is 0. The van der Waals surface area contributed by atoms with Crippen molar-refractivity contribution in [3.05, 3.63) is 66.1 Å². The van der Waals surface area contributed by atoms with Crippen molar-refractivity contribution in [2.45, 2.75) is 33.6 Å². The summed E-state index contributed by atoms with van der Waals surface area (Å²) in [4.78, 5) is 8.94. The fourth-order valence-corrected chi connectivity index (χ4v) is 4.24. The topological polar surface area (TPSA) is 64.3 Å². The van der Waals surface area contributed by atoms with Gasteiger partial charge in [0.25, 0.3) is 0 Å². The van der Waals surface area contributed by atoms with Gasteiger partial charge in [0.15, 0.2) is 5.65 Å². The zero-order chi connectivity index (χ0) is 21.4. The van der Waals surface area contributed by atoms with Crippen LogP contribution in [-0.2, 0) is 0 Å². The summed E-state index contributed by atoms with van der Waals surface area (Å²) in [6, 6.07) is 12.1. The van der Waals surface area contributed by atoms with E-state index in [1.165, 1.54) is 24.0 Å². The number of nitrogens with zero attached hydrogens (tertiary/aromatic N) is 4. The molecule has 6 heteroatoms. The Bertz CT molecular complexity index is 1210. The van der Waals surface area contributed by atoms with Crippen LogP contribution in [0, 0.1) is 25.7 Å². The zero-order valence-corrected chi connectivity index (χ0v) is 18.2. The van der Waals surface area contributed by atoms with E-state index in [0.29, 0.717) is 17.5 Å². The number of benzene rings is 1. The molecule has 1 aliphatic carbocycles. The number of aromatic nitrogens is 4. The van der Waals surface area contributed by atoms with Crippen LogP contribution in [0.5, 0.6) is 11.6 Å². The predicted molar refractivity (Wildman–Crippen MR) is 123 cm³/mol. The molecule has 3 aromatic heterocycles. The first-order valence-corrected chi connectivity index (χ1v) is 10.8. The molecule has 31 heavy (non-hydrogen) atoms. The number of pyridine rings is 1. The third kappa shape index (κ3) is 3.98. The normalized spacial score (nSPS) is 18.0. The predicted octanol–water partition coefficient (Wildman–Crippen LogP) is 5.66. The molecule has 0 spiro atoms. The summed E-state index contributed by atoms with van der Waals surface area (Å²) in [7, 11) is 0. The molecular formula is C25H27N5O. The van der Waals surface area contributed by atoms with E-state index in [-0.39, 0.29) is 0 Å². The monoisotopic (exact) mass is 413 g/mol. The Morgan fingerprint density at radius 2 is 1.97 bits per heavy atom. The van der Waals surface area contributed by atoms with Crippen molar-refractivity contribution in [3.8, 4) is 22.8 Å². The van der Waals surface area contributed by atoms with Crippen molar-refractivity contribution >= 4 is 11.5 Å². The maximum Gasteiger partial charge on any atom is 0.225 e. The Kier molecular flexibility index (Phi) is 5.06. The van der Waals surface area contributed by atoms with E-state index < -0.39 is 0 Å². The highest BCUT2D eigenvalue weighted by molar-refractivity contribution is 5.79.